The first-order valence-corrected chi connectivity index (χ1v) is 5.72. The number of carbonyl (C=O) groups is 2. The Morgan fingerprint density at radius 2 is 2.00 bits per heavy atom. The van der Waals surface area contributed by atoms with Gasteiger partial charge in [0.1, 0.15) is 11.5 Å². The van der Waals surface area contributed by atoms with Crippen LogP contribution in [0.1, 0.15) is 13.3 Å². The van der Waals surface area contributed by atoms with Crippen molar-refractivity contribution in [2.45, 2.75) is 13.3 Å². The van der Waals surface area contributed by atoms with Gasteiger partial charge in [-0.2, -0.15) is 0 Å². The first kappa shape index (κ1) is 14.8. The molecule has 1 aromatic rings. The number of carboxylic acid groups (broad SMARTS) is 1. The molecule has 104 valence electrons. The second-order valence-electron chi connectivity index (χ2n) is 4.05. The minimum atomic E-state index is -1.01. The standard InChI is InChI=1S/C13H17NO5/c1-8(6-12(15)16)13(17)14-10-7-9(18-2)4-5-11(10)19-3/h4-5,7-8H,6H2,1-3H3,(H,14,17)(H,15,16). The molecule has 0 bridgehead atoms. The minimum absolute atomic E-state index is 0.224. The summed E-state index contributed by atoms with van der Waals surface area (Å²) in [5.74, 6) is -0.971. The van der Waals surface area contributed by atoms with E-state index in [1.54, 1.807) is 25.1 Å². The van der Waals surface area contributed by atoms with Gasteiger partial charge < -0.3 is 19.9 Å². The lowest BCUT2D eigenvalue weighted by molar-refractivity contribution is -0.139. The molecule has 0 saturated carbocycles. The summed E-state index contributed by atoms with van der Waals surface area (Å²) in [6.07, 6.45) is -0.224. The van der Waals surface area contributed by atoms with E-state index in [0.29, 0.717) is 17.2 Å². The number of hydrogen-bond donors (Lipinski definition) is 2. The molecule has 1 atom stereocenters. The molecule has 0 spiro atoms. The molecule has 0 fully saturated rings. The molecule has 0 saturated heterocycles. The summed E-state index contributed by atoms with van der Waals surface area (Å²) in [6, 6.07) is 4.98. The number of carbonyl (C=O) groups excluding carboxylic acids is 1. The van der Waals surface area contributed by atoms with E-state index in [4.69, 9.17) is 14.6 Å². The van der Waals surface area contributed by atoms with Crippen LogP contribution in [0.4, 0.5) is 5.69 Å². The van der Waals surface area contributed by atoms with Gasteiger partial charge in [-0.05, 0) is 12.1 Å². The zero-order valence-corrected chi connectivity index (χ0v) is 11.1. The highest BCUT2D eigenvalue weighted by molar-refractivity contribution is 5.95. The lowest BCUT2D eigenvalue weighted by atomic mass is 10.1. The van der Waals surface area contributed by atoms with E-state index in [-0.39, 0.29) is 12.3 Å². The van der Waals surface area contributed by atoms with Gasteiger partial charge in [0, 0.05) is 12.0 Å². The van der Waals surface area contributed by atoms with Crippen LogP contribution < -0.4 is 14.8 Å². The third-order valence-electron chi connectivity index (χ3n) is 2.59. The summed E-state index contributed by atoms with van der Waals surface area (Å²) < 4.78 is 10.2. The second-order valence-corrected chi connectivity index (χ2v) is 4.05. The summed E-state index contributed by atoms with van der Waals surface area (Å²) in [6.45, 7) is 1.55. The van der Waals surface area contributed by atoms with Gasteiger partial charge in [0.15, 0.2) is 0 Å². The zero-order chi connectivity index (χ0) is 14.4. The van der Waals surface area contributed by atoms with E-state index in [1.807, 2.05) is 0 Å². The molecule has 6 nitrogen and oxygen atoms in total. The first-order valence-electron chi connectivity index (χ1n) is 5.72. The molecular formula is C13H17NO5. The molecular weight excluding hydrogens is 250 g/mol. The SMILES string of the molecule is COc1ccc(OC)c(NC(=O)C(C)CC(=O)O)c1. The summed E-state index contributed by atoms with van der Waals surface area (Å²) in [4.78, 5) is 22.4. The van der Waals surface area contributed by atoms with Crippen LogP contribution in [0.2, 0.25) is 0 Å². The van der Waals surface area contributed by atoms with E-state index in [0.717, 1.165) is 0 Å². The Hall–Kier alpha value is -2.24. The van der Waals surface area contributed by atoms with E-state index in [1.165, 1.54) is 14.2 Å². The summed E-state index contributed by atoms with van der Waals surface area (Å²) in [7, 11) is 3.00. The van der Waals surface area contributed by atoms with Gasteiger partial charge in [0.25, 0.3) is 0 Å². The Balaban J connectivity index is 2.85. The predicted octanol–water partition coefficient (Wildman–Crippen LogP) is 1.75. The second kappa shape index (κ2) is 6.63. The molecule has 0 heterocycles. The zero-order valence-electron chi connectivity index (χ0n) is 11.1. The quantitative estimate of drug-likeness (QED) is 0.820. The van der Waals surface area contributed by atoms with Crippen molar-refractivity contribution in [3.05, 3.63) is 18.2 Å². The number of ether oxygens (including phenoxy) is 2. The molecule has 0 aromatic heterocycles. The molecule has 0 radical (unpaired) electrons. The molecule has 1 rings (SSSR count). The fraction of sp³-hybridized carbons (Fsp3) is 0.385. The molecule has 0 aliphatic rings. The van der Waals surface area contributed by atoms with Gasteiger partial charge >= 0.3 is 5.97 Å². The van der Waals surface area contributed by atoms with Crippen molar-refractivity contribution in [1.29, 1.82) is 0 Å². The topological polar surface area (TPSA) is 84.9 Å². The maximum absolute atomic E-state index is 11.8. The molecule has 2 N–H and O–H groups in total. The maximum Gasteiger partial charge on any atom is 0.304 e. The molecule has 1 aromatic carbocycles. The third-order valence-corrected chi connectivity index (χ3v) is 2.59. The Morgan fingerprint density at radius 3 is 2.53 bits per heavy atom. The monoisotopic (exact) mass is 267 g/mol. The Bertz CT molecular complexity index is 472. The molecule has 0 aliphatic carbocycles. The van der Waals surface area contributed by atoms with Crippen LogP contribution in [-0.4, -0.2) is 31.2 Å². The summed E-state index contributed by atoms with van der Waals surface area (Å²) >= 11 is 0. The number of amides is 1. The normalized spacial score (nSPS) is 11.5. The highest BCUT2D eigenvalue weighted by Gasteiger charge is 2.18. The molecule has 19 heavy (non-hydrogen) atoms. The lowest BCUT2D eigenvalue weighted by Crippen LogP contribution is -2.23. The number of benzene rings is 1. The van der Waals surface area contributed by atoms with Gasteiger partial charge in [-0.3, -0.25) is 9.59 Å². The number of aliphatic carboxylic acids is 1. The van der Waals surface area contributed by atoms with Gasteiger partial charge in [-0.25, -0.2) is 0 Å². The Labute approximate surface area is 111 Å². The largest absolute Gasteiger partial charge is 0.497 e. The van der Waals surface area contributed by atoms with Crippen molar-refractivity contribution >= 4 is 17.6 Å². The predicted molar refractivity (Wildman–Crippen MR) is 69.6 cm³/mol. The molecule has 1 amide bonds. The fourth-order valence-corrected chi connectivity index (χ4v) is 1.52. The van der Waals surface area contributed by atoms with E-state index in [9.17, 15) is 9.59 Å². The van der Waals surface area contributed by atoms with Gasteiger partial charge in [-0.15, -0.1) is 0 Å². The Kier molecular flexibility index (Phi) is 5.17. The average molecular weight is 267 g/mol. The summed E-state index contributed by atoms with van der Waals surface area (Å²) in [5.41, 5.74) is 0.448. The highest BCUT2D eigenvalue weighted by Crippen LogP contribution is 2.29. The average Bonchev–Trinajstić information content (AvgIpc) is 2.37. The smallest absolute Gasteiger partial charge is 0.304 e. The van der Waals surface area contributed by atoms with Crippen LogP contribution in [0.5, 0.6) is 11.5 Å². The molecule has 0 aliphatic heterocycles. The van der Waals surface area contributed by atoms with E-state index in [2.05, 4.69) is 5.32 Å². The van der Waals surface area contributed by atoms with Gasteiger partial charge in [0.2, 0.25) is 5.91 Å². The number of hydrogen-bond acceptors (Lipinski definition) is 4. The van der Waals surface area contributed by atoms with E-state index >= 15 is 0 Å². The van der Waals surface area contributed by atoms with E-state index < -0.39 is 11.9 Å². The number of rotatable bonds is 6. The van der Waals surface area contributed by atoms with Crippen molar-refractivity contribution in [3.63, 3.8) is 0 Å². The fourth-order valence-electron chi connectivity index (χ4n) is 1.52. The van der Waals surface area contributed by atoms with Gasteiger partial charge in [0.05, 0.1) is 26.3 Å². The van der Waals surface area contributed by atoms with Crippen LogP contribution >= 0.6 is 0 Å². The number of nitrogens with one attached hydrogen (secondary N) is 1. The van der Waals surface area contributed by atoms with Crippen molar-refractivity contribution in [1.82, 2.24) is 0 Å². The van der Waals surface area contributed by atoms with Crippen LogP contribution in [0.15, 0.2) is 18.2 Å². The van der Waals surface area contributed by atoms with Crippen molar-refractivity contribution in [3.8, 4) is 11.5 Å². The number of anilines is 1. The minimum Gasteiger partial charge on any atom is -0.497 e. The lowest BCUT2D eigenvalue weighted by Gasteiger charge is -2.14. The number of methoxy groups -OCH3 is 2. The van der Waals surface area contributed by atoms with Crippen LogP contribution in [0.3, 0.4) is 0 Å². The highest BCUT2D eigenvalue weighted by atomic mass is 16.5. The number of carboxylic acids is 1. The summed E-state index contributed by atoms with van der Waals surface area (Å²) in [5, 5.41) is 11.3. The van der Waals surface area contributed by atoms with Crippen molar-refractivity contribution in [2.24, 2.45) is 5.92 Å². The molecule has 1 unspecified atom stereocenters. The third kappa shape index (κ3) is 4.17. The maximum atomic E-state index is 11.8. The van der Waals surface area contributed by atoms with Crippen LogP contribution in [0, 0.1) is 5.92 Å². The van der Waals surface area contributed by atoms with Crippen LogP contribution in [-0.2, 0) is 9.59 Å². The Morgan fingerprint density at radius 1 is 1.32 bits per heavy atom. The molecule has 6 heteroatoms. The van der Waals surface area contributed by atoms with Crippen molar-refractivity contribution < 1.29 is 24.2 Å². The van der Waals surface area contributed by atoms with Crippen molar-refractivity contribution in [2.75, 3.05) is 19.5 Å². The first-order chi connectivity index (χ1) is 8.97. The van der Waals surface area contributed by atoms with Crippen LogP contribution in [0.25, 0.3) is 0 Å². The van der Waals surface area contributed by atoms with Gasteiger partial charge in [-0.1, -0.05) is 6.92 Å².